The zero-order chi connectivity index (χ0) is 14.1. The van der Waals surface area contributed by atoms with Crippen LogP contribution in [0.1, 0.15) is 23.0 Å². The van der Waals surface area contributed by atoms with Crippen LogP contribution >= 0.6 is 11.3 Å². The molecular formula is C15H18N4S. The van der Waals surface area contributed by atoms with E-state index in [1.807, 2.05) is 18.7 Å². The summed E-state index contributed by atoms with van der Waals surface area (Å²) >= 11 is 1.76. The molecule has 0 amide bonds. The molecule has 2 heterocycles. The second kappa shape index (κ2) is 5.36. The van der Waals surface area contributed by atoms with Gasteiger partial charge in [0.2, 0.25) is 0 Å². The molecule has 0 fully saturated rings. The van der Waals surface area contributed by atoms with Crippen molar-refractivity contribution in [3.05, 3.63) is 52.7 Å². The van der Waals surface area contributed by atoms with Gasteiger partial charge in [0, 0.05) is 23.9 Å². The van der Waals surface area contributed by atoms with Crippen molar-refractivity contribution in [2.24, 2.45) is 12.9 Å². The van der Waals surface area contributed by atoms with Crippen LogP contribution in [0.3, 0.4) is 0 Å². The van der Waals surface area contributed by atoms with Crippen molar-refractivity contribution in [2.75, 3.05) is 0 Å². The van der Waals surface area contributed by atoms with E-state index in [2.05, 4.69) is 46.2 Å². The second-order valence-corrected chi connectivity index (χ2v) is 5.92. The fraction of sp³-hybridized carbons (Fsp3) is 0.267. The maximum absolute atomic E-state index is 5.78. The Kier molecular flexibility index (Phi) is 3.56. The Hall–Kier alpha value is -1.69. The third kappa shape index (κ3) is 2.35. The molecule has 3 N–H and O–H groups in total. The Morgan fingerprint density at radius 3 is 2.90 bits per heavy atom. The van der Waals surface area contributed by atoms with Crippen LogP contribution in [0.4, 0.5) is 0 Å². The van der Waals surface area contributed by atoms with Gasteiger partial charge in [-0.1, -0.05) is 18.2 Å². The van der Waals surface area contributed by atoms with E-state index in [1.54, 1.807) is 11.3 Å². The second-order valence-electron chi connectivity index (χ2n) is 5.01. The minimum atomic E-state index is 0.0981. The van der Waals surface area contributed by atoms with Gasteiger partial charge in [-0.3, -0.25) is 16.0 Å². The third-order valence-electron chi connectivity index (χ3n) is 3.60. The lowest BCUT2D eigenvalue weighted by molar-refractivity contribution is 0.534. The number of hydrogen-bond acceptors (Lipinski definition) is 4. The predicted molar refractivity (Wildman–Crippen MR) is 83.5 cm³/mol. The number of benzene rings is 1. The number of aryl methyl sites for hydroxylation is 2. The first-order valence-corrected chi connectivity index (χ1v) is 7.49. The Labute approximate surface area is 122 Å². The van der Waals surface area contributed by atoms with Crippen molar-refractivity contribution in [1.82, 2.24) is 15.2 Å². The molecule has 3 rings (SSSR count). The highest BCUT2D eigenvalue weighted by atomic mass is 32.1. The molecule has 0 aliphatic rings. The molecule has 2 aromatic heterocycles. The summed E-state index contributed by atoms with van der Waals surface area (Å²) in [6.45, 7) is 2.01. The zero-order valence-corrected chi connectivity index (χ0v) is 12.4. The molecule has 0 radical (unpaired) electrons. The van der Waals surface area contributed by atoms with Crippen LogP contribution < -0.4 is 11.3 Å². The monoisotopic (exact) mass is 286 g/mol. The summed E-state index contributed by atoms with van der Waals surface area (Å²) in [4.78, 5) is 0. The minimum absolute atomic E-state index is 0.0981. The van der Waals surface area contributed by atoms with E-state index in [1.165, 1.54) is 21.3 Å². The highest BCUT2D eigenvalue weighted by molar-refractivity contribution is 7.17. The molecule has 0 saturated carbocycles. The Bertz CT molecular complexity index is 728. The lowest BCUT2D eigenvalue weighted by atomic mass is 10.0. The van der Waals surface area contributed by atoms with E-state index < -0.39 is 0 Å². The first-order valence-electron chi connectivity index (χ1n) is 6.61. The molecular weight excluding hydrogens is 268 g/mol. The number of hydrogen-bond donors (Lipinski definition) is 2. The van der Waals surface area contributed by atoms with Gasteiger partial charge in [-0.2, -0.15) is 5.10 Å². The van der Waals surface area contributed by atoms with E-state index in [-0.39, 0.29) is 6.04 Å². The number of nitrogens with zero attached hydrogens (tertiary/aromatic N) is 2. The summed E-state index contributed by atoms with van der Waals surface area (Å²) in [6, 6.07) is 10.6. The van der Waals surface area contributed by atoms with Crippen molar-refractivity contribution in [3.8, 4) is 0 Å². The SMILES string of the molecule is Cc1cc(CC(NN)c2csc3ccccc23)n(C)n1. The molecule has 5 heteroatoms. The van der Waals surface area contributed by atoms with E-state index >= 15 is 0 Å². The minimum Gasteiger partial charge on any atom is -0.272 e. The molecule has 4 nitrogen and oxygen atoms in total. The van der Waals surface area contributed by atoms with Gasteiger partial charge >= 0.3 is 0 Å². The normalized spacial score (nSPS) is 12.9. The molecule has 1 atom stereocenters. The first kappa shape index (κ1) is 13.3. The lowest BCUT2D eigenvalue weighted by Crippen LogP contribution is -2.30. The number of nitrogens with two attached hydrogens (primary N) is 1. The third-order valence-corrected chi connectivity index (χ3v) is 4.58. The quantitative estimate of drug-likeness (QED) is 0.573. The van der Waals surface area contributed by atoms with E-state index in [9.17, 15) is 0 Å². The zero-order valence-electron chi connectivity index (χ0n) is 11.6. The largest absolute Gasteiger partial charge is 0.272 e. The maximum atomic E-state index is 5.78. The van der Waals surface area contributed by atoms with Gasteiger partial charge in [0.15, 0.2) is 0 Å². The van der Waals surface area contributed by atoms with Crippen LogP contribution in [0.25, 0.3) is 10.1 Å². The number of thiophene rings is 1. The van der Waals surface area contributed by atoms with Crippen LogP contribution in [0.15, 0.2) is 35.7 Å². The van der Waals surface area contributed by atoms with Gasteiger partial charge in [-0.15, -0.1) is 11.3 Å². The Morgan fingerprint density at radius 2 is 2.20 bits per heavy atom. The molecule has 1 unspecified atom stereocenters. The van der Waals surface area contributed by atoms with Gasteiger partial charge in [0.1, 0.15) is 0 Å². The number of aromatic nitrogens is 2. The first-order chi connectivity index (χ1) is 9.69. The molecule has 0 aliphatic carbocycles. The van der Waals surface area contributed by atoms with Crippen LogP contribution in [0.5, 0.6) is 0 Å². The van der Waals surface area contributed by atoms with Crippen molar-refractivity contribution in [2.45, 2.75) is 19.4 Å². The summed E-state index contributed by atoms with van der Waals surface area (Å²) in [7, 11) is 1.97. The van der Waals surface area contributed by atoms with Crippen LogP contribution in [0, 0.1) is 6.92 Å². The fourth-order valence-corrected chi connectivity index (χ4v) is 3.61. The molecule has 0 saturated heterocycles. The summed E-state index contributed by atoms with van der Waals surface area (Å²) in [5, 5.41) is 7.86. The van der Waals surface area contributed by atoms with Gasteiger partial charge in [0.05, 0.1) is 11.7 Å². The van der Waals surface area contributed by atoms with Gasteiger partial charge in [0.25, 0.3) is 0 Å². The topological polar surface area (TPSA) is 55.9 Å². The molecule has 104 valence electrons. The molecule has 3 aromatic rings. The maximum Gasteiger partial charge on any atom is 0.0596 e. The number of hydrazine groups is 1. The summed E-state index contributed by atoms with van der Waals surface area (Å²) in [6.07, 6.45) is 0.828. The smallest absolute Gasteiger partial charge is 0.0596 e. The summed E-state index contributed by atoms with van der Waals surface area (Å²) < 4.78 is 3.22. The number of rotatable bonds is 4. The highest BCUT2D eigenvalue weighted by Crippen LogP contribution is 2.31. The molecule has 0 bridgehead atoms. The standard InChI is InChI=1S/C15H18N4S/c1-10-7-11(19(2)18-10)8-14(17-16)13-9-20-15-6-4-3-5-12(13)15/h3-7,9,14,17H,8,16H2,1-2H3. The molecule has 1 aromatic carbocycles. The highest BCUT2D eigenvalue weighted by Gasteiger charge is 2.17. The van der Waals surface area contributed by atoms with E-state index in [0.717, 1.165) is 12.1 Å². The van der Waals surface area contributed by atoms with Crippen molar-refractivity contribution < 1.29 is 0 Å². The molecule has 0 spiro atoms. The van der Waals surface area contributed by atoms with E-state index in [0.29, 0.717) is 0 Å². The average molecular weight is 286 g/mol. The van der Waals surface area contributed by atoms with Crippen LogP contribution in [0.2, 0.25) is 0 Å². The lowest BCUT2D eigenvalue weighted by Gasteiger charge is -2.15. The van der Waals surface area contributed by atoms with Crippen molar-refractivity contribution in [3.63, 3.8) is 0 Å². The van der Waals surface area contributed by atoms with Gasteiger partial charge in [-0.05, 0) is 35.4 Å². The Balaban J connectivity index is 1.95. The Morgan fingerprint density at radius 1 is 1.40 bits per heavy atom. The van der Waals surface area contributed by atoms with Crippen LogP contribution in [-0.4, -0.2) is 9.78 Å². The number of nitrogens with one attached hydrogen (secondary N) is 1. The predicted octanol–water partition coefficient (Wildman–Crippen LogP) is 2.69. The molecule has 0 aliphatic heterocycles. The van der Waals surface area contributed by atoms with Gasteiger partial charge < -0.3 is 0 Å². The van der Waals surface area contributed by atoms with Gasteiger partial charge in [-0.25, -0.2) is 0 Å². The van der Waals surface area contributed by atoms with Crippen molar-refractivity contribution >= 4 is 21.4 Å². The summed E-state index contributed by atoms with van der Waals surface area (Å²) in [5.41, 5.74) is 6.42. The number of fused-ring (bicyclic) bond motifs is 1. The van der Waals surface area contributed by atoms with Crippen molar-refractivity contribution in [1.29, 1.82) is 0 Å². The van der Waals surface area contributed by atoms with Crippen LogP contribution in [-0.2, 0) is 13.5 Å². The van der Waals surface area contributed by atoms with E-state index in [4.69, 9.17) is 5.84 Å². The average Bonchev–Trinajstić information content (AvgIpc) is 3.00. The summed E-state index contributed by atoms with van der Waals surface area (Å²) in [5.74, 6) is 5.78. The molecule has 20 heavy (non-hydrogen) atoms. The fourth-order valence-electron chi connectivity index (χ4n) is 2.59.